The quantitative estimate of drug-likeness (QED) is 0.362. The van der Waals surface area contributed by atoms with Gasteiger partial charge in [-0.3, -0.25) is 0 Å². The Kier molecular flexibility index (Phi) is 7.35. The molecule has 0 aromatic heterocycles. The largest absolute Gasteiger partial charge is 0.347 e. The van der Waals surface area contributed by atoms with Crippen molar-refractivity contribution in [2.45, 2.75) is 63.5 Å². The van der Waals surface area contributed by atoms with E-state index >= 15 is 0 Å². The first-order chi connectivity index (χ1) is 12.3. The predicted octanol–water partition coefficient (Wildman–Crippen LogP) is 4.97. The van der Waals surface area contributed by atoms with Gasteiger partial charge in [0, 0.05) is 29.9 Å². The van der Waals surface area contributed by atoms with E-state index in [-0.39, 0.29) is 0 Å². The van der Waals surface area contributed by atoms with Crippen molar-refractivity contribution < 1.29 is 0 Å². The molecule has 1 aliphatic heterocycles. The molecule has 1 aromatic rings. The molecule has 0 N–H and O–H groups in total. The van der Waals surface area contributed by atoms with E-state index in [0.717, 1.165) is 36.7 Å². The summed E-state index contributed by atoms with van der Waals surface area (Å²) < 4.78 is 0. The monoisotopic (exact) mass is 371 g/mol. The third-order valence-electron chi connectivity index (χ3n) is 5.83. The topological polar surface area (TPSA) is 6.48 Å². The van der Waals surface area contributed by atoms with Crippen LogP contribution in [-0.4, -0.2) is 44.8 Å². The summed E-state index contributed by atoms with van der Waals surface area (Å²) >= 11 is 5.90. The lowest BCUT2D eigenvalue weighted by Crippen LogP contribution is -2.34. The van der Waals surface area contributed by atoms with E-state index < -0.39 is 0 Å². The van der Waals surface area contributed by atoms with Crippen LogP contribution in [0.5, 0.6) is 0 Å². The highest BCUT2D eigenvalue weighted by Crippen LogP contribution is 2.33. The predicted molar refractivity (Wildman–Crippen MR) is 111 cm³/mol. The van der Waals surface area contributed by atoms with Crippen LogP contribution < -0.4 is 0 Å². The molecule has 25 heavy (non-hydrogen) atoms. The third kappa shape index (κ3) is 5.07. The smallest absolute Gasteiger partial charge is 0.172 e. The zero-order valence-electron chi connectivity index (χ0n) is 15.3. The summed E-state index contributed by atoms with van der Waals surface area (Å²) in [6.45, 7) is 3.26. The highest BCUT2D eigenvalue weighted by molar-refractivity contribution is 7.80. The first-order valence-corrected chi connectivity index (χ1v) is 11.2. The molecule has 0 bridgehead atoms. The van der Waals surface area contributed by atoms with Gasteiger partial charge in [0.25, 0.3) is 0 Å². The normalized spacial score (nSPS) is 22.0. The zero-order chi connectivity index (χ0) is 17.5. The van der Waals surface area contributed by atoms with Crippen molar-refractivity contribution in [1.82, 2.24) is 9.80 Å². The van der Waals surface area contributed by atoms with Gasteiger partial charge in [-0.15, -0.1) is 0 Å². The van der Waals surface area contributed by atoms with Crippen molar-refractivity contribution in [2.75, 3.05) is 19.6 Å². The van der Waals surface area contributed by atoms with Crippen LogP contribution >= 0.6 is 12.2 Å². The third-order valence-corrected chi connectivity index (χ3v) is 6.67. The fourth-order valence-corrected chi connectivity index (χ4v) is 4.96. The first-order valence-electron chi connectivity index (χ1n) is 10.0. The Bertz CT molecular complexity index is 530. The molecule has 0 spiro atoms. The second-order valence-corrected chi connectivity index (χ2v) is 8.46. The minimum absolute atomic E-state index is 0.431. The molecule has 3 rings (SSSR count). The van der Waals surface area contributed by atoms with E-state index in [2.05, 4.69) is 50.4 Å². The molecule has 3 radical (unpaired) electrons. The summed E-state index contributed by atoms with van der Waals surface area (Å²) in [4.78, 5) is 4.96. The van der Waals surface area contributed by atoms with E-state index in [9.17, 15) is 0 Å². The maximum absolute atomic E-state index is 5.90. The van der Waals surface area contributed by atoms with E-state index in [1.54, 1.807) is 0 Å². The SMILES string of the molecule is [Si]CCCCN1C[C@@H](c2ccccc2)N(CCC2CCCCC2)C1=S. The summed E-state index contributed by atoms with van der Waals surface area (Å²) in [6, 6.07) is 12.5. The lowest BCUT2D eigenvalue weighted by atomic mass is 9.87. The van der Waals surface area contributed by atoms with Crippen LogP contribution in [0.25, 0.3) is 0 Å². The summed E-state index contributed by atoms with van der Waals surface area (Å²) in [5.74, 6) is 0.912. The Morgan fingerprint density at radius 3 is 2.48 bits per heavy atom. The van der Waals surface area contributed by atoms with E-state index in [4.69, 9.17) is 12.2 Å². The lowest BCUT2D eigenvalue weighted by Gasteiger charge is -2.29. The number of nitrogens with zero attached hydrogens (tertiary/aromatic N) is 2. The number of hydrogen-bond donors (Lipinski definition) is 0. The maximum atomic E-state index is 5.90. The minimum Gasteiger partial charge on any atom is -0.347 e. The standard InChI is InChI=1S/C21H31N2SSi/c24-21-22(14-7-8-16-25)17-20(19-11-5-2-6-12-19)23(21)15-13-18-9-3-1-4-10-18/h2,5-6,11-12,18,20H,1,3-4,7-10,13-17H2/t20-/m0/s1. The van der Waals surface area contributed by atoms with Gasteiger partial charge in [0.05, 0.1) is 6.04 Å². The Hall–Kier alpha value is -0.873. The highest BCUT2D eigenvalue weighted by Gasteiger charge is 2.34. The summed E-state index contributed by atoms with van der Waals surface area (Å²) in [7, 11) is 3.59. The Balaban J connectivity index is 1.65. The molecule has 2 aliphatic rings. The van der Waals surface area contributed by atoms with Crippen LogP contribution in [0.1, 0.15) is 63.0 Å². The van der Waals surface area contributed by atoms with Crippen molar-refractivity contribution in [2.24, 2.45) is 5.92 Å². The average Bonchev–Trinajstić information content (AvgIpc) is 2.98. The molecule has 135 valence electrons. The van der Waals surface area contributed by atoms with Crippen LogP contribution in [0.2, 0.25) is 6.04 Å². The Morgan fingerprint density at radius 2 is 1.76 bits per heavy atom. The molecule has 1 saturated carbocycles. The fraction of sp³-hybridized carbons (Fsp3) is 0.667. The van der Waals surface area contributed by atoms with Gasteiger partial charge in [-0.1, -0.05) is 74.9 Å². The number of rotatable bonds is 8. The van der Waals surface area contributed by atoms with Crippen molar-refractivity contribution in [3.63, 3.8) is 0 Å². The van der Waals surface area contributed by atoms with Gasteiger partial charge in [0.15, 0.2) is 5.11 Å². The zero-order valence-corrected chi connectivity index (χ0v) is 17.1. The molecule has 0 unspecified atom stereocenters. The molecule has 1 heterocycles. The molecule has 1 aliphatic carbocycles. The summed E-state index contributed by atoms with van der Waals surface area (Å²) in [5, 5.41) is 1.08. The van der Waals surface area contributed by atoms with Crippen molar-refractivity contribution >= 4 is 27.6 Å². The number of unbranched alkanes of at least 4 members (excludes halogenated alkanes) is 1. The van der Waals surface area contributed by atoms with Gasteiger partial charge in [-0.2, -0.15) is 0 Å². The molecule has 0 amide bonds. The second kappa shape index (κ2) is 9.72. The molecule has 1 atom stereocenters. The van der Waals surface area contributed by atoms with Crippen LogP contribution in [0.4, 0.5) is 0 Å². The molecule has 4 heteroatoms. The minimum atomic E-state index is 0.431. The van der Waals surface area contributed by atoms with Crippen molar-refractivity contribution in [1.29, 1.82) is 0 Å². The lowest BCUT2D eigenvalue weighted by molar-refractivity contribution is 0.278. The van der Waals surface area contributed by atoms with Gasteiger partial charge >= 0.3 is 0 Å². The fourth-order valence-electron chi connectivity index (χ4n) is 4.32. The number of benzene rings is 1. The van der Waals surface area contributed by atoms with E-state index in [0.29, 0.717) is 6.04 Å². The van der Waals surface area contributed by atoms with Gasteiger partial charge in [-0.05, 0) is 36.5 Å². The van der Waals surface area contributed by atoms with Crippen LogP contribution in [0.3, 0.4) is 0 Å². The summed E-state index contributed by atoms with van der Waals surface area (Å²) in [6.07, 6.45) is 10.9. The van der Waals surface area contributed by atoms with Crippen LogP contribution in [0, 0.1) is 5.92 Å². The second-order valence-electron chi connectivity index (χ2n) is 7.60. The van der Waals surface area contributed by atoms with Crippen LogP contribution in [0.15, 0.2) is 30.3 Å². The van der Waals surface area contributed by atoms with Crippen molar-refractivity contribution in [3.8, 4) is 0 Å². The molecular weight excluding hydrogens is 340 g/mol. The Labute approximate surface area is 162 Å². The van der Waals surface area contributed by atoms with Crippen LogP contribution in [-0.2, 0) is 0 Å². The molecule has 2 fully saturated rings. The van der Waals surface area contributed by atoms with Gasteiger partial charge in [0.2, 0.25) is 0 Å². The molecule has 1 saturated heterocycles. The van der Waals surface area contributed by atoms with E-state index in [1.807, 2.05) is 0 Å². The Morgan fingerprint density at radius 1 is 1.00 bits per heavy atom. The number of thiocarbonyl (C=S) groups is 1. The molecule has 1 aromatic carbocycles. The van der Waals surface area contributed by atoms with Gasteiger partial charge in [0.1, 0.15) is 0 Å². The average molecular weight is 372 g/mol. The van der Waals surface area contributed by atoms with E-state index in [1.165, 1.54) is 56.9 Å². The molecular formula is C21H31N2SSi. The van der Waals surface area contributed by atoms with Gasteiger partial charge in [-0.25, -0.2) is 0 Å². The summed E-state index contributed by atoms with van der Waals surface area (Å²) in [5.41, 5.74) is 1.41. The molecule has 2 nitrogen and oxygen atoms in total. The highest BCUT2D eigenvalue weighted by atomic mass is 32.1. The first kappa shape index (κ1) is 18.9. The maximum Gasteiger partial charge on any atom is 0.172 e. The van der Waals surface area contributed by atoms with Gasteiger partial charge < -0.3 is 9.80 Å². The number of hydrogen-bond acceptors (Lipinski definition) is 1. The van der Waals surface area contributed by atoms with Crippen molar-refractivity contribution in [3.05, 3.63) is 35.9 Å².